The number of nitrogens with one attached hydrogen (secondary N) is 3. The third-order valence-corrected chi connectivity index (χ3v) is 9.28. The third-order valence-electron chi connectivity index (χ3n) is 9.28. The zero-order chi connectivity index (χ0) is 32.7. The van der Waals surface area contributed by atoms with Crippen LogP contribution in [0.4, 0.5) is 4.79 Å². The quantitative estimate of drug-likeness (QED) is 0.212. The molecule has 4 atom stereocenters. The van der Waals surface area contributed by atoms with E-state index in [1.165, 1.54) is 6.92 Å². The Balaban J connectivity index is 1.00. The molecular weight excluding hydrogens is 600 g/mol. The minimum atomic E-state index is -0.974. The predicted octanol–water partition coefficient (Wildman–Crippen LogP) is 3.83. The first-order valence-corrected chi connectivity index (χ1v) is 15.9. The molecule has 0 radical (unpaired) electrons. The summed E-state index contributed by atoms with van der Waals surface area (Å²) in [6.45, 7) is 2.74. The highest BCUT2D eigenvalue weighted by Gasteiger charge is 2.40. The molecule has 13 heteroatoms. The highest BCUT2D eigenvalue weighted by molar-refractivity contribution is 5.97. The van der Waals surface area contributed by atoms with Crippen LogP contribution in [0.25, 0.3) is 33.6 Å². The second-order valence-electron chi connectivity index (χ2n) is 12.3. The van der Waals surface area contributed by atoms with Crippen molar-refractivity contribution in [3.8, 4) is 33.6 Å². The number of rotatable bonds is 8. The van der Waals surface area contributed by atoms with Crippen LogP contribution in [0.15, 0.2) is 60.9 Å². The molecule has 3 fully saturated rings. The smallest absolute Gasteiger partial charge is 0.405 e. The molecule has 0 spiro atoms. The van der Waals surface area contributed by atoms with E-state index in [1.54, 1.807) is 17.3 Å². The molecule has 47 heavy (non-hydrogen) atoms. The van der Waals surface area contributed by atoms with Crippen LogP contribution >= 0.6 is 0 Å². The van der Waals surface area contributed by atoms with E-state index in [4.69, 9.17) is 10.5 Å². The highest BCUT2D eigenvalue weighted by Crippen LogP contribution is 2.35. The van der Waals surface area contributed by atoms with Crippen molar-refractivity contribution in [2.45, 2.75) is 63.3 Å². The number of aromatic nitrogens is 4. The number of nitrogens with two attached hydrogens (primary N) is 1. The molecule has 4 aromatic rings. The number of benzene rings is 2. The Bertz CT molecular complexity index is 1810. The maximum Gasteiger partial charge on any atom is 0.405 e. The molecular formula is C34H36N8O5. The summed E-state index contributed by atoms with van der Waals surface area (Å²) in [4.78, 5) is 67.7. The molecule has 5 N–H and O–H groups in total. The van der Waals surface area contributed by atoms with Gasteiger partial charge in [-0.15, -0.1) is 0 Å². The maximum absolute atomic E-state index is 12.9. The molecule has 5 heterocycles. The number of likely N-dealkylation sites (tertiary alicyclic amines) is 2. The van der Waals surface area contributed by atoms with Crippen LogP contribution in [-0.4, -0.2) is 78.8 Å². The van der Waals surface area contributed by atoms with Crippen molar-refractivity contribution < 1.29 is 23.9 Å². The van der Waals surface area contributed by atoms with Gasteiger partial charge >= 0.3 is 6.09 Å². The number of primary amides is 1. The van der Waals surface area contributed by atoms with Crippen molar-refractivity contribution in [3.63, 3.8) is 0 Å². The van der Waals surface area contributed by atoms with E-state index in [2.05, 4.69) is 49.5 Å². The fourth-order valence-electron chi connectivity index (χ4n) is 6.79. The van der Waals surface area contributed by atoms with Crippen LogP contribution in [0, 0.1) is 0 Å². The fourth-order valence-corrected chi connectivity index (χ4v) is 6.79. The average molecular weight is 637 g/mol. The summed E-state index contributed by atoms with van der Waals surface area (Å²) in [5, 5.41) is 2.68. The molecule has 3 aliphatic rings. The predicted molar refractivity (Wildman–Crippen MR) is 171 cm³/mol. The van der Waals surface area contributed by atoms with Gasteiger partial charge < -0.3 is 35.6 Å². The Labute approximate surface area is 270 Å². The lowest BCUT2D eigenvalue weighted by Crippen LogP contribution is -2.57. The summed E-state index contributed by atoms with van der Waals surface area (Å²) in [6, 6.07) is 15.7. The molecule has 3 saturated heterocycles. The number of ether oxygens (including phenoxy) is 1. The zero-order valence-corrected chi connectivity index (χ0v) is 25.9. The maximum atomic E-state index is 12.9. The van der Waals surface area contributed by atoms with Crippen molar-refractivity contribution >= 4 is 23.8 Å². The number of amides is 4. The Hall–Kier alpha value is -5.46. The van der Waals surface area contributed by atoms with E-state index in [1.807, 2.05) is 29.2 Å². The van der Waals surface area contributed by atoms with Gasteiger partial charge in [0.2, 0.25) is 11.8 Å². The number of hydrogen-bond donors (Lipinski definition) is 4. The minimum absolute atomic E-state index is 0.0377. The topological polar surface area (TPSA) is 179 Å². The number of carbonyl (C=O) groups is 4. The highest BCUT2D eigenvalue weighted by atomic mass is 16.6. The van der Waals surface area contributed by atoms with E-state index in [0.29, 0.717) is 18.9 Å². The molecule has 4 amide bonds. The van der Waals surface area contributed by atoms with E-state index in [9.17, 15) is 19.2 Å². The van der Waals surface area contributed by atoms with Gasteiger partial charge in [-0.1, -0.05) is 48.5 Å². The van der Waals surface area contributed by atoms with Gasteiger partial charge in [-0.05, 0) is 54.9 Å². The number of aromatic amines is 2. The van der Waals surface area contributed by atoms with Gasteiger partial charge in [0.25, 0.3) is 5.91 Å². The summed E-state index contributed by atoms with van der Waals surface area (Å²) in [6.07, 6.45) is 5.22. The number of hydrogen-bond acceptors (Lipinski definition) is 7. The van der Waals surface area contributed by atoms with Crippen molar-refractivity contribution in [2.75, 3.05) is 13.1 Å². The van der Waals surface area contributed by atoms with Gasteiger partial charge in [0.1, 0.15) is 17.7 Å². The van der Waals surface area contributed by atoms with Crippen molar-refractivity contribution in [1.29, 1.82) is 0 Å². The van der Waals surface area contributed by atoms with Gasteiger partial charge in [-0.3, -0.25) is 14.4 Å². The van der Waals surface area contributed by atoms with Crippen LogP contribution in [0.2, 0.25) is 0 Å². The number of β-lactam (4-membered cyclic amide) rings is 1. The number of carbonyl (C=O) groups excluding carboxylic acids is 4. The molecule has 0 bridgehead atoms. The van der Waals surface area contributed by atoms with Crippen LogP contribution in [-0.2, 0) is 19.1 Å². The van der Waals surface area contributed by atoms with Crippen LogP contribution in [0.3, 0.4) is 0 Å². The SMILES string of the molecule is C[C@H](OC(N)=O)C(=O)N1CCC[C@H]1c1ncc(-c2ccc(-c3ccc(-c4cnc(C5CCCN5C(=O)[C@@H]5CC(=O)N5)[nH]4)cc3)cc2)[nH]1. The first kappa shape index (κ1) is 30.2. The Kier molecular flexibility index (Phi) is 7.96. The Morgan fingerprint density at radius 3 is 1.77 bits per heavy atom. The first-order valence-electron chi connectivity index (χ1n) is 15.9. The van der Waals surface area contributed by atoms with Crippen molar-refractivity contribution in [2.24, 2.45) is 5.73 Å². The summed E-state index contributed by atoms with van der Waals surface area (Å²) < 4.78 is 4.90. The lowest BCUT2D eigenvalue weighted by Gasteiger charge is -2.32. The number of nitrogens with zero attached hydrogens (tertiary/aromatic N) is 4. The third kappa shape index (κ3) is 5.96. The van der Waals surface area contributed by atoms with Gasteiger partial charge in [0, 0.05) is 13.1 Å². The lowest BCUT2D eigenvalue weighted by molar-refractivity contribution is -0.144. The van der Waals surface area contributed by atoms with Crippen LogP contribution in [0.1, 0.15) is 62.8 Å². The van der Waals surface area contributed by atoms with Gasteiger partial charge in [0.15, 0.2) is 6.10 Å². The first-order chi connectivity index (χ1) is 22.7. The van der Waals surface area contributed by atoms with E-state index < -0.39 is 18.2 Å². The molecule has 1 unspecified atom stereocenters. The number of imidazole rings is 2. The molecule has 2 aromatic heterocycles. The number of H-pyrrole nitrogens is 2. The monoisotopic (exact) mass is 636 g/mol. The molecule has 3 aliphatic heterocycles. The molecule has 7 rings (SSSR count). The normalized spacial score (nSPS) is 21.3. The zero-order valence-electron chi connectivity index (χ0n) is 25.9. The van der Waals surface area contributed by atoms with Crippen molar-refractivity contribution in [3.05, 3.63) is 72.6 Å². The van der Waals surface area contributed by atoms with Crippen molar-refractivity contribution in [1.82, 2.24) is 35.1 Å². The summed E-state index contributed by atoms with van der Waals surface area (Å²) in [5.41, 5.74) is 10.9. The largest absolute Gasteiger partial charge is 0.437 e. The summed E-state index contributed by atoms with van der Waals surface area (Å²) >= 11 is 0. The average Bonchev–Trinajstić information content (AvgIpc) is 3.88. The summed E-state index contributed by atoms with van der Waals surface area (Å²) in [5.74, 6) is 1.04. The van der Waals surface area contributed by atoms with Gasteiger partial charge in [0.05, 0.1) is 42.3 Å². The lowest BCUT2D eigenvalue weighted by atomic mass is 10.0. The molecule has 242 valence electrons. The summed E-state index contributed by atoms with van der Waals surface area (Å²) in [7, 11) is 0. The second-order valence-corrected chi connectivity index (χ2v) is 12.3. The Morgan fingerprint density at radius 2 is 1.28 bits per heavy atom. The van der Waals surface area contributed by atoms with Gasteiger partial charge in [-0.2, -0.15) is 0 Å². The second kappa shape index (κ2) is 12.4. The molecule has 2 aromatic carbocycles. The fraction of sp³-hybridized carbons (Fsp3) is 0.353. The molecule has 0 saturated carbocycles. The molecule has 13 nitrogen and oxygen atoms in total. The van der Waals surface area contributed by atoms with Gasteiger partial charge in [-0.25, -0.2) is 14.8 Å². The van der Waals surface area contributed by atoms with E-state index in [0.717, 1.165) is 65.1 Å². The Morgan fingerprint density at radius 1 is 0.809 bits per heavy atom. The standard InChI is InChI=1S/C34H36N8O5/c1-19(47-34(35)46)32(44)41-14-2-4-27(41)30-36-17-25(39-30)22-10-6-20(7-11-22)21-8-12-23(13-9-21)26-18-37-31(40-26)28-5-3-15-42(28)33(45)24-16-29(43)38-24/h6-13,17-19,24,27-28H,2-5,14-16H2,1H3,(H2,35,46)(H,36,39)(H,37,40)(H,38,43)/t19-,24-,27-,28?/m0/s1. The van der Waals surface area contributed by atoms with Crippen LogP contribution < -0.4 is 11.1 Å². The van der Waals surface area contributed by atoms with Crippen LogP contribution in [0.5, 0.6) is 0 Å². The van der Waals surface area contributed by atoms with E-state index in [-0.39, 0.29) is 36.2 Å². The van der Waals surface area contributed by atoms with E-state index >= 15 is 0 Å². The minimum Gasteiger partial charge on any atom is -0.437 e. The molecule has 0 aliphatic carbocycles.